The van der Waals surface area contributed by atoms with Crippen molar-refractivity contribution in [3.8, 4) is 0 Å². The number of carbonyl (C=O) groups is 1. The zero-order valence-electron chi connectivity index (χ0n) is 13.2. The number of fused-ring (bicyclic) bond motifs is 2. The third kappa shape index (κ3) is 3.48. The number of carbonyl (C=O) groups excluding carboxylic acids is 1. The van der Waals surface area contributed by atoms with Gasteiger partial charge in [0.1, 0.15) is 0 Å². The zero-order chi connectivity index (χ0) is 16.4. The van der Waals surface area contributed by atoms with Crippen LogP contribution >= 0.6 is 0 Å². The van der Waals surface area contributed by atoms with E-state index in [9.17, 15) is 13.2 Å². The fourth-order valence-electron chi connectivity index (χ4n) is 3.35. The fourth-order valence-corrected chi connectivity index (χ4v) is 4.49. The molecule has 124 valence electrons. The topological polar surface area (TPSA) is 75.3 Å². The summed E-state index contributed by atoms with van der Waals surface area (Å²) in [4.78, 5) is 12.6. The molecule has 1 aromatic carbocycles. The van der Waals surface area contributed by atoms with Gasteiger partial charge in [-0.15, -0.1) is 0 Å². The average Bonchev–Trinajstić information content (AvgIpc) is 3.16. The zero-order valence-corrected chi connectivity index (χ0v) is 14.0. The number of hydrogen-bond acceptors (Lipinski definition) is 3. The average molecular weight is 334 g/mol. The summed E-state index contributed by atoms with van der Waals surface area (Å²) in [5.41, 5.74) is 0.635. The molecule has 1 saturated carbocycles. The Morgan fingerprint density at radius 2 is 1.91 bits per heavy atom. The van der Waals surface area contributed by atoms with Crippen LogP contribution in [0.25, 0.3) is 0 Å². The molecule has 0 aromatic heterocycles. The molecule has 6 heteroatoms. The van der Waals surface area contributed by atoms with Gasteiger partial charge in [-0.05, 0) is 55.4 Å². The maximum Gasteiger partial charge on any atom is 0.240 e. The predicted octanol–water partition coefficient (Wildman–Crippen LogP) is 2.53. The smallest absolute Gasteiger partial charge is 0.240 e. The van der Waals surface area contributed by atoms with Crippen molar-refractivity contribution in [3.05, 3.63) is 36.4 Å². The van der Waals surface area contributed by atoms with Crippen LogP contribution in [-0.4, -0.2) is 20.9 Å². The van der Waals surface area contributed by atoms with E-state index in [2.05, 4.69) is 22.2 Å². The monoisotopic (exact) mass is 334 g/mol. The fraction of sp³-hybridized carbons (Fsp3) is 0.471. The van der Waals surface area contributed by atoms with Crippen molar-refractivity contribution < 1.29 is 13.2 Å². The SMILES string of the molecule is CCCNS(=O)(=O)c1ccc(NC(=O)[C@H]2C[C@@H]3C=C[C@H]2C3)cc1. The Bertz CT molecular complexity index is 710. The van der Waals surface area contributed by atoms with Crippen LogP contribution in [0.3, 0.4) is 0 Å². The Kier molecular flexibility index (Phi) is 4.55. The maximum atomic E-state index is 12.4. The number of benzene rings is 1. The molecule has 0 aliphatic heterocycles. The number of nitrogens with one attached hydrogen (secondary N) is 2. The van der Waals surface area contributed by atoms with Gasteiger partial charge in [0.15, 0.2) is 0 Å². The number of hydrogen-bond donors (Lipinski definition) is 2. The van der Waals surface area contributed by atoms with Gasteiger partial charge in [-0.1, -0.05) is 19.1 Å². The normalized spacial score (nSPS) is 25.7. The summed E-state index contributed by atoms with van der Waals surface area (Å²) in [7, 11) is -3.46. The lowest BCUT2D eigenvalue weighted by molar-refractivity contribution is -0.120. The lowest BCUT2D eigenvalue weighted by atomic mass is 9.93. The van der Waals surface area contributed by atoms with E-state index in [0.717, 1.165) is 19.3 Å². The highest BCUT2D eigenvalue weighted by molar-refractivity contribution is 7.89. The summed E-state index contributed by atoms with van der Waals surface area (Å²) in [6, 6.07) is 6.32. The van der Waals surface area contributed by atoms with Crippen molar-refractivity contribution in [1.82, 2.24) is 4.72 Å². The molecular weight excluding hydrogens is 312 g/mol. The quantitative estimate of drug-likeness (QED) is 0.785. The highest BCUT2D eigenvalue weighted by atomic mass is 32.2. The van der Waals surface area contributed by atoms with Crippen LogP contribution < -0.4 is 10.0 Å². The van der Waals surface area contributed by atoms with Gasteiger partial charge in [-0.2, -0.15) is 0 Å². The van der Waals surface area contributed by atoms with E-state index in [0.29, 0.717) is 24.1 Å². The van der Waals surface area contributed by atoms with E-state index in [1.54, 1.807) is 12.1 Å². The van der Waals surface area contributed by atoms with Gasteiger partial charge >= 0.3 is 0 Å². The van der Waals surface area contributed by atoms with E-state index in [4.69, 9.17) is 0 Å². The second kappa shape index (κ2) is 6.45. The Balaban J connectivity index is 1.64. The van der Waals surface area contributed by atoms with Gasteiger partial charge in [-0.25, -0.2) is 13.1 Å². The van der Waals surface area contributed by atoms with Crippen molar-refractivity contribution in [3.63, 3.8) is 0 Å². The molecule has 0 heterocycles. The molecule has 1 fully saturated rings. The standard InChI is InChI=1S/C17H22N2O3S/c1-2-9-18-23(21,22)15-7-5-14(6-8-15)19-17(20)16-11-12-3-4-13(16)10-12/h3-8,12-13,16,18H,2,9-11H2,1H3,(H,19,20)/t12-,13+,16+/m1/s1. The van der Waals surface area contributed by atoms with Crippen molar-refractivity contribution in [2.75, 3.05) is 11.9 Å². The molecule has 2 N–H and O–H groups in total. The number of anilines is 1. The number of amides is 1. The molecule has 3 rings (SSSR count). The van der Waals surface area contributed by atoms with Gasteiger partial charge in [0.25, 0.3) is 0 Å². The van der Waals surface area contributed by atoms with Crippen LogP contribution in [0.15, 0.2) is 41.3 Å². The minimum Gasteiger partial charge on any atom is -0.326 e. The molecule has 23 heavy (non-hydrogen) atoms. The summed E-state index contributed by atoms with van der Waals surface area (Å²) in [5.74, 6) is 0.979. The van der Waals surface area contributed by atoms with E-state index >= 15 is 0 Å². The Morgan fingerprint density at radius 1 is 1.17 bits per heavy atom. The van der Waals surface area contributed by atoms with Crippen molar-refractivity contribution in [2.24, 2.45) is 17.8 Å². The first-order valence-corrected chi connectivity index (χ1v) is 9.57. The second-order valence-electron chi connectivity index (χ2n) is 6.30. The minimum absolute atomic E-state index is 0.0292. The van der Waals surface area contributed by atoms with Gasteiger partial charge < -0.3 is 5.32 Å². The van der Waals surface area contributed by atoms with Crippen LogP contribution in [0.2, 0.25) is 0 Å². The molecule has 3 atom stereocenters. The first-order valence-electron chi connectivity index (χ1n) is 8.08. The van der Waals surface area contributed by atoms with Crippen LogP contribution in [0.5, 0.6) is 0 Å². The first-order chi connectivity index (χ1) is 11.0. The van der Waals surface area contributed by atoms with Crippen LogP contribution in [-0.2, 0) is 14.8 Å². The molecule has 1 aromatic rings. The third-order valence-corrected chi connectivity index (χ3v) is 6.07. The van der Waals surface area contributed by atoms with Gasteiger partial charge in [0.05, 0.1) is 4.90 Å². The molecular formula is C17H22N2O3S. The molecule has 1 amide bonds. The molecule has 5 nitrogen and oxygen atoms in total. The molecule has 0 saturated heterocycles. The highest BCUT2D eigenvalue weighted by Gasteiger charge is 2.39. The van der Waals surface area contributed by atoms with Crippen LogP contribution in [0.1, 0.15) is 26.2 Å². The number of rotatable bonds is 6. The van der Waals surface area contributed by atoms with Crippen LogP contribution in [0.4, 0.5) is 5.69 Å². The first kappa shape index (κ1) is 16.2. The van der Waals surface area contributed by atoms with E-state index in [1.807, 2.05) is 6.92 Å². The Labute approximate surface area is 137 Å². The summed E-state index contributed by atoms with van der Waals surface area (Å²) in [6.07, 6.45) is 7.09. The summed E-state index contributed by atoms with van der Waals surface area (Å²) < 4.78 is 26.6. The van der Waals surface area contributed by atoms with Crippen molar-refractivity contribution >= 4 is 21.6 Å². The predicted molar refractivity (Wildman–Crippen MR) is 89.4 cm³/mol. The maximum absolute atomic E-state index is 12.4. The molecule has 0 spiro atoms. The number of allylic oxidation sites excluding steroid dienone is 2. The van der Waals surface area contributed by atoms with Crippen LogP contribution in [0, 0.1) is 17.8 Å². The summed E-state index contributed by atoms with van der Waals surface area (Å²) in [5, 5.41) is 2.90. The van der Waals surface area contributed by atoms with Crippen molar-refractivity contribution in [1.29, 1.82) is 0 Å². The minimum atomic E-state index is -3.46. The Hall–Kier alpha value is -1.66. The molecule has 2 aliphatic carbocycles. The molecule has 0 unspecified atom stereocenters. The van der Waals surface area contributed by atoms with E-state index in [1.165, 1.54) is 12.1 Å². The highest BCUT2D eigenvalue weighted by Crippen LogP contribution is 2.43. The summed E-state index contributed by atoms with van der Waals surface area (Å²) in [6.45, 7) is 2.32. The van der Waals surface area contributed by atoms with E-state index < -0.39 is 10.0 Å². The molecule has 2 aliphatic rings. The molecule has 0 radical (unpaired) electrons. The number of sulfonamides is 1. The largest absolute Gasteiger partial charge is 0.326 e. The van der Waals surface area contributed by atoms with Gasteiger partial charge in [0, 0.05) is 18.2 Å². The lowest BCUT2D eigenvalue weighted by Crippen LogP contribution is -2.26. The second-order valence-corrected chi connectivity index (χ2v) is 8.07. The summed E-state index contributed by atoms with van der Waals surface area (Å²) >= 11 is 0. The molecule has 2 bridgehead atoms. The Morgan fingerprint density at radius 3 is 2.48 bits per heavy atom. The van der Waals surface area contributed by atoms with E-state index in [-0.39, 0.29) is 16.7 Å². The third-order valence-electron chi connectivity index (χ3n) is 4.59. The lowest BCUT2D eigenvalue weighted by Gasteiger charge is -2.17. The van der Waals surface area contributed by atoms with Gasteiger partial charge in [-0.3, -0.25) is 4.79 Å². The van der Waals surface area contributed by atoms with Crippen molar-refractivity contribution in [2.45, 2.75) is 31.1 Å². The van der Waals surface area contributed by atoms with Gasteiger partial charge in [0.2, 0.25) is 15.9 Å².